The number of hydrogen-bond donors (Lipinski definition) is 1. The summed E-state index contributed by atoms with van der Waals surface area (Å²) in [5.41, 5.74) is 0.871. The molecule has 5 nitrogen and oxygen atoms in total. The smallest absolute Gasteiger partial charge is 0.224 e. The molecule has 2 aromatic rings. The highest BCUT2D eigenvalue weighted by molar-refractivity contribution is 6.33. The third kappa shape index (κ3) is 3.36. The molecule has 3 rings (SSSR count). The largest absolute Gasteiger partial charge is 0.355 e. The topological polar surface area (TPSA) is 53.9 Å². The maximum Gasteiger partial charge on any atom is 0.224 e. The molecule has 0 amide bonds. The van der Waals surface area contributed by atoms with E-state index in [-0.39, 0.29) is 5.28 Å². The van der Waals surface area contributed by atoms with Crippen LogP contribution in [-0.2, 0) is 0 Å². The normalized spacial score (nSPS) is 15.0. The van der Waals surface area contributed by atoms with Gasteiger partial charge in [0.1, 0.15) is 5.02 Å². The highest BCUT2D eigenvalue weighted by Crippen LogP contribution is 2.30. The van der Waals surface area contributed by atoms with E-state index in [1.165, 1.54) is 25.5 Å². The first-order valence-electron chi connectivity index (χ1n) is 6.89. The van der Waals surface area contributed by atoms with Crippen molar-refractivity contribution in [2.45, 2.75) is 19.3 Å². The number of aromatic nitrogens is 3. The number of nitrogens with one attached hydrogen (secondary N) is 1. The van der Waals surface area contributed by atoms with Crippen LogP contribution >= 0.6 is 23.2 Å². The van der Waals surface area contributed by atoms with Gasteiger partial charge in [0.05, 0.1) is 11.9 Å². The van der Waals surface area contributed by atoms with Crippen LogP contribution in [0.2, 0.25) is 10.3 Å². The zero-order valence-electron chi connectivity index (χ0n) is 11.4. The van der Waals surface area contributed by atoms with E-state index in [2.05, 4.69) is 25.2 Å². The lowest BCUT2D eigenvalue weighted by Gasteiger charge is -2.29. The summed E-state index contributed by atoms with van der Waals surface area (Å²) in [6.07, 6.45) is 6.94. The first-order valence-corrected chi connectivity index (χ1v) is 7.64. The van der Waals surface area contributed by atoms with E-state index < -0.39 is 0 Å². The fourth-order valence-corrected chi connectivity index (χ4v) is 2.68. The van der Waals surface area contributed by atoms with Gasteiger partial charge in [-0.25, -0.2) is 9.97 Å². The molecule has 1 saturated heterocycles. The van der Waals surface area contributed by atoms with Crippen molar-refractivity contribution in [3.8, 4) is 0 Å². The number of hydrogen-bond acceptors (Lipinski definition) is 5. The van der Waals surface area contributed by atoms with E-state index in [1.54, 1.807) is 6.20 Å². The Balaban J connectivity index is 1.89. The Morgan fingerprint density at radius 2 is 1.90 bits per heavy atom. The van der Waals surface area contributed by atoms with Crippen molar-refractivity contribution in [3.05, 3.63) is 34.8 Å². The molecule has 0 spiro atoms. The first kappa shape index (κ1) is 14.4. The summed E-state index contributed by atoms with van der Waals surface area (Å²) in [6, 6.07) is 3.84. The maximum atomic E-state index is 6.10. The molecule has 0 aromatic carbocycles. The summed E-state index contributed by atoms with van der Waals surface area (Å²) < 4.78 is 0. The molecule has 7 heteroatoms. The predicted octanol–water partition coefficient (Wildman–Crippen LogP) is 3.91. The minimum absolute atomic E-state index is 0.158. The molecular weight excluding hydrogens is 309 g/mol. The summed E-state index contributed by atoms with van der Waals surface area (Å²) in [5.74, 6) is 1.41. The van der Waals surface area contributed by atoms with Gasteiger partial charge in [-0.05, 0) is 43.0 Å². The van der Waals surface area contributed by atoms with Crippen LogP contribution in [0.15, 0.2) is 24.5 Å². The highest BCUT2D eigenvalue weighted by Gasteiger charge is 2.16. The van der Waals surface area contributed by atoms with Gasteiger partial charge < -0.3 is 10.2 Å². The number of rotatable bonds is 3. The SMILES string of the molecule is Clc1ncc(Cl)c(Nc2cccnc2N2CCCCC2)n1. The van der Waals surface area contributed by atoms with Crippen molar-refractivity contribution in [1.82, 2.24) is 15.0 Å². The summed E-state index contributed by atoms with van der Waals surface area (Å²) in [7, 11) is 0. The van der Waals surface area contributed by atoms with Gasteiger partial charge in [-0.1, -0.05) is 11.6 Å². The number of halogens is 2. The van der Waals surface area contributed by atoms with Crippen LogP contribution in [0.3, 0.4) is 0 Å². The van der Waals surface area contributed by atoms with E-state index >= 15 is 0 Å². The monoisotopic (exact) mass is 323 g/mol. The lowest BCUT2D eigenvalue weighted by atomic mass is 10.1. The Kier molecular flexibility index (Phi) is 4.41. The minimum atomic E-state index is 0.158. The molecular formula is C14H15Cl2N5. The molecule has 1 N–H and O–H groups in total. The molecule has 1 aliphatic rings. The van der Waals surface area contributed by atoms with Crippen LogP contribution in [0.25, 0.3) is 0 Å². The van der Waals surface area contributed by atoms with Gasteiger partial charge in [0, 0.05) is 19.3 Å². The first-order chi connectivity index (χ1) is 10.2. The Labute approximate surface area is 133 Å². The van der Waals surface area contributed by atoms with Crippen molar-refractivity contribution in [2.75, 3.05) is 23.3 Å². The number of anilines is 3. The van der Waals surface area contributed by atoms with Gasteiger partial charge in [-0.3, -0.25) is 0 Å². The zero-order chi connectivity index (χ0) is 14.7. The van der Waals surface area contributed by atoms with Gasteiger partial charge in [0.2, 0.25) is 5.28 Å². The lowest BCUT2D eigenvalue weighted by molar-refractivity contribution is 0.574. The quantitative estimate of drug-likeness (QED) is 0.868. The van der Waals surface area contributed by atoms with Crippen molar-refractivity contribution < 1.29 is 0 Å². The molecule has 1 aliphatic heterocycles. The van der Waals surface area contributed by atoms with E-state index in [0.717, 1.165) is 24.6 Å². The minimum Gasteiger partial charge on any atom is -0.355 e. The highest BCUT2D eigenvalue weighted by atomic mass is 35.5. The number of pyridine rings is 1. The van der Waals surface area contributed by atoms with Crippen LogP contribution in [-0.4, -0.2) is 28.0 Å². The molecule has 2 aromatic heterocycles. The molecule has 0 aliphatic carbocycles. The second-order valence-corrected chi connectivity index (χ2v) is 5.63. The van der Waals surface area contributed by atoms with Gasteiger partial charge in [0.25, 0.3) is 0 Å². The molecule has 0 atom stereocenters. The zero-order valence-corrected chi connectivity index (χ0v) is 12.9. The fraction of sp³-hybridized carbons (Fsp3) is 0.357. The summed E-state index contributed by atoms with van der Waals surface area (Å²) in [6.45, 7) is 2.04. The van der Waals surface area contributed by atoms with Gasteiger partial charge >= 0.3 is 0 Å². The summed E-state index contributed by atoms with van der Waals surface area (Å²) in [5, 5.41) is 3.79. The summed E-state index contributed by atoms with van der Waals surface area (Å²) in [4.78, 5) is 14.7. The Hall–Kier alpha value is -1.59. The van der Waals surface area contributed by atoms with Crippen molar-refractivity contribution >= 4 is 40.5 Å². The molecule has 3 heterocycles. The fourth-order valence-electron chi connectivity index (χ4n) is 2.41. The molecule has 0 unspecified atom stereocenters. The molecule has 21 heavy (non-hydrogen) atoms. The van der Waals surface area contributed by atoms with Crippen molar-refractivity contribution in [3.63, 3.8) is 0 Å². The summed E-state index contributed by atoms with van der Waals surface area (Å²) >= 11 is 11.9. The van der Waals surface area contributed by atoms with Crippen LogP contribution in [0, 0.1) is 0 Å². The second kappa shape index (κ2) is 6.45. The van der Waals surface area contributed by atoms with Crippen LogP contribution in [0.4, 0.5) is 17.3 Å². The molecule has 0 bridgehead atoms. The second-order valence-electron chi connectivity index (χ2n) is 4.88. The molecule has 0 radical (unpaired) electrons. The van der Waals surface area contributed by atoms with Gasteiger partial charge in [-0.15, -0.1) is 0 Å². The Morgan fingerprint density at radius 1 is 1.10 bits per heavy atom. The third-order valence-electron chi connectivity index (χ3n) is 3.41. The molecule has 1 fully saturated rings. The van der Waals surface area contributed by atoms with Gasteiger partial charge in [-0.2, -0.15) is 4.98 Å². The van der Waals surface area contributed by atoms with E-state index in [4.69, 9.17) is 23.2 Å². The maximum absolute atomic E-state index is 6.10. The average Bonchev–Trinajstić information content (AvgIpc) is 2.52. The molecule has 0 saturated carbocycles. The van der Waals surface area contributed by atoms with E-state index in [1.807, 2.05) is 12.1 Å². The van der Waals surface area contributed by atoms with Crippen molar-refractivity contribution in [1.29, 1.82) is 0 Å². The Morgan fingerprint density at radius 3 is 2.71 bits per heavy atom. The lowest BCUT2D eigenvalue weighted by Crippen LogP contribution is -2.30. The molecule has 110 valence electrons. The standard InChI is InChI=1S/C14H15Cl2N5/c15-10-9-18-14(16)20-12(10)19-11-5-4-6-17-13(11)21-7-2-1-3-8-21/h4-6,9H,1-3,7-8H2,(H,18,19,20). The van der Waals surface area contributed by atoms with Crippen LogP contribution in [0.5, 0.6) is 0 Å². The van der Waals surface area contributed by atoms with Crippen LogP contribution < -0.4 is 10.2 Å². The Bertz CT molecular complexity index is 629. The van der Waals surface area contributed by atoms with Crippen LogP contribution in [0.1, 0.15) is 19.3 Å². The van der Waals surface area contributed by atoms with Crippen molar-refractivity contribution in [2.24, 2.45) is 0 Å². The predicted molar refractivity (Wildman–Crippen MR) is 85.6 cm³/mol. The average molecular weight is 324 g/mol. The third-order valence-corrected chi connectivity index (χ3v) is 3.87. The number of nitrogens with zero attached hydrogens (tertiary/aromatic N) is 4. The van der Waals surface area contributed by atoms with Gasteiger partial charge in [0.15, 0.2) is 11.6 Å². The van der Waals surface area contributed by atoms with E-state index in [9.17, 15) is 0 Å². The number of piperidine rings is 1. The van der Waals surface area contributed by atoms with E-state index in [0.29, 0.717) is 10.8 Å².